The number of hydrogen-bond donors (Lipinski definition) is 1. The number of carbonyl (C=O) groups excluding carboxylic acids is 2. The van der Waals surface area contributed by atoms with Crippen molar-refractivity contribution in [3.63, 3.8) is 0 Å². The van der Waals surface area contributed by atoms with Crippen molar-refractivity contribution in [2.75, 3.05) is 11.1 Å². The highest BCUT2D eigenvalue weighted by molar-refractivity contribution is 8.01. The maximum absolute atomic E-state index is 12.6. The number of amides is 2. The number of likely N-dealkylation sites (tertiary alicyclic amines) is 1. The van der Waals surface area contributed by atoms with Gasteiger partial charge in [-0.25, -0.2) is 0 Å². The molecule has 1 fully saturated rings. The van der Waals surface area contributed by atoms with Gasteiger partial charge in [0.1, 0.15) is 0 Å². The number of nitrogens with zero attached hydrogens (tertiary/aromatic N) is 3. The van der Waals surface area contributed by atoms with Crippen LogP contribution < -0.4 is 5.32 Å². The van der Waals surface area contributed by atoms with Gasteiger partial charge in [-0.05, 0) is 45.1 Å². The second kappa shape index (κ2) is 10.0. The molecule has 1 aromatic heterocycles. The monoisotopic (exact) mass is 418 g/mol. The molecule has 1 saturated heterocycles. The summed E-state index contributed by atoms with van der Waals surface area (Å²) < 4.78 is 0.698. The van der Waals surface area contributed by atoms with Gasteiger partial charge in [0, 0.05) is 18.5 Å². The smallest absolute Gasteiger partial charge is 0.233 e. The Hall–Kier alpha value is -1.93. The number of rotatable bonds is 7. The van der Waals surface area contributed by atoms with Crippen LogP contribution in [0.3, 0.4) is 0 Å². The lowest BCUT2D eigenvalue weighted by Gasteiger charge is -2.39. The second-order valence-electron chi connectivity index (χ2n) is 7.13. The number of carbonyl (C=O) groups is 2. The number of nitrogens with one attached hydrogen (secondary N) is 1. The zero-order valence-electron chi connectivity index (χ0n) is 16.3. The van der Waals surface area contributed by atoms with E-state index in [1.54, 1.807) is 0 Å². The lowest BCUT2D eigenvalue weighted by atomic mass is 9.98. The van der Waals surface area contributed by atoms with Gasteiger partial charge in [-0.1, -0.05) is 53.4 Å². The fraction of sp³-hybridized carbons (Fsp3) is 0.500. The standard InChI is InChI=1S/C20H26N4O2S2/c1-14-7-6-8-15(2)24(14)18(26)13-27-20-23-22-19(28-20)21-17(25)12-11-16-9-4-3-5-10-16/h3-5,9-10,14-15H,6-8,11-13H2,1-2H3,(H,21,22,25)/t14-,15+. The number of benzene rings is 1. The van der Waals surface area contributed by atoms with Crippen molar-refractivity contribution in [3.8, 4) is 0 Å². The summed E-state index contributed by atoms with van der Waals surface area (Å²) in [7, 11) is 0. The highest BCUT2D eigenvalue weighted by Crippen LogP contribution is 2.28. The molecular formula is C20H26N4O2S2. The third-order valence-corrected chi connectivity index (χ3v) is 6.89. The largest absolute Gasteiger partial charge is 0.337 e. The van der Waals surface area contributed by atoms with Crippen molar-refractivity contribution < 1.29 is 9.59 Å². The van der Waals surface area contributed by atoms with Crippen LogP contribution in [-0.4, -0.2) is 44.7 Å². The minimum Gasteiger partial charge on any atom is -0.337 e. The van der Waals surface area contributed by atoms with Gasteiger partial charge in [0.25, 0.3) is 0 Å². The molecule has 0 bridgehead atoms. The van der Waals surface area contributed by atoms with Gasteiger partial charge in [0.15, 0.2) is 4.34 Å². The second-order valence-corrected chi connectivity index (χ2v) is 9.33. The van der Waals surface area contributed by atoms with Crippen LogP contribution in [0.15, 0.2) is 34.7 Å². The molecule has 2 amide bonds. The molecule has 150 valence electrons. The van der Waals surface area contributed by atoms with E-state index in [9.17, 15) is 9.59 Å². The number of aromatic nitrogens is 2. The molecule has 1 aliphatic heterocycles. The third kappa shape index (κ3) is 5.78. The quantitative estimate of drug-likeness (QED) is 0.543. The van der Waals surface area contributed by atoms with Crippen LogP contribution in [0.4, 0.5) is 5.13 Å². The SMILES string of the molecule is C[C@@H]1CCC[C@H](C)N1C(=O)CSc1nnc(NC(=O)CCc2ccccc2)s1. The van der Waals surface area contributed by atoms with Crippen LogP contribution in [-0.2, 0) is 16.0 Å². The molecule has 0 unspecified atom stereocenters. The van der Waals surface area contributed by atoms with Crippen molar-refractivity contribution in [2.45, 2.75) is 62.4 Å². The number of aryl methyl sites for hydroxylation is 1. The first kappa shape index (κ1) is 20.8. The zero-order chi connectivity index (χ0) is 19.9. The Kier molecular flexibility index (Phi) is 7.44. The molecule has 0 spiro atoms. The molecule has 1 N–H and O–H groups in total. The summed E-state index contributed by atoms with van der Waals surface area (Å²) in [6.07, 6.45) is 4.41. The number of piperidine rings is 1. The Balaban J connectivity index is 1.44. The molecule has 0 radical (unpaired) electrons. The zero-order valence-corrected chi connectivity index (χ0v) is 17.9. The van der Waals surface area contributed by atoms with Gasteiger partial charge in [-0.15, -0.1) is 10.2 Å². The van der Waals surface area contributed by atoms with E-state index in [4.69, 9.17) is 0 Å². The van der Waals surface area contributed by atoms with Crippen LogP contribution in [0.25, 0.3) is 0 Å². The summed E-state index contributed by atoms with van der Waals surface area (Å²) in [4.78, 5) is 26.7. The minimum atomic E-state index is -0.0800. The summed E-state index contributed by atoms with van der Waals surface area (Å²) >= 11 is 2.70. The van der Waals surface area contributed by atoms with Crippen molar-refractivity contribution >= 4 is 40.0 Å². The van der Waals surface area contributed by atoms with Crippen LogP contribution in [0, 0.1) is 0 Å². The van der Waals surface area contributed by atoms with Gasteiger partial charge in [-0.2, -0.15) is 0 Å². The topological polar surface area (TPSA) is 75.2 Å². The predicted octanol–water partition coefficient (Wildman–Crippen LogP) is 3.99. The molecule has 1 aliphatic rings. The van der Waals surface area contributed by atoms with Gasteiger partial charge >= 0.3 is 0 Å². The lowest BCUT2D eigenvalue weighted by molar-refractivity contribution is -0.134. The number of hydrogen-bond acceptors (Lipinski definition) is 6. The van der Waals surface area contributed by atoms with Gasteiger partial charge in [0.05, 0.1) is 5.75 Å². The van der Waals surface area contributed by atoms with Crippen molar-refractivity contribution in [1.29, 1.82) is 0 Å². The molecule has 3 rings (SSSR count). The van der Waals surface area contributed by atoms with Crippen LogP contribution >= 0.6 is 23.1 Å². The number of anilines is 1. The molecule has 2 heterocycles. The molecule has 2 aromatic rings. The normalized spacial score (nSPS) is 19.4. The van der Waals surface area contributed by atoms with Gasteiger partial charge in [0.2, 0.25) is 16.9 Å². The minimum absolute atomic E-state index is 0.0800. The molecule has 0 aliphatic carbocycles. The van der Waals surface area contributed by atoms with Crippen molar-refractivity contribution in [1.82, 2.24) is 15.1 Å². The van der Waals surface area contributed by atoms with E-state index in [1.165, 1.54) is 29.5 Å². The van der Waals surface area contributed by atoms with Crippen LogP contribution in [0.1, 0.15) is 45.1 Å². The summed E-state index contributed by atoms with van der Waals surface area (Å²) in [5.74, 6) is 0.419. The van der Waals surface area contributed by atoms with Crippen molar-refractivity contribution in [3.05, 3.63) is 35.9 Å². The number of thioether (sulfide) groups is 1. The van der Waals surface area contributed by atoms with Crippen LogP contribution in [0.2, 0.25) is 0 Å². The Morgan fingerprint density at radius 3 is 2.61 bits per heavy atom. The van der Waals surface area contributed by atoms with E-state index in [2.05, 4.69) is 29.4 Å². The summed E-state index contributed by atoms with van der Waals surface area (Å²) in [6, 6.07) is 10.5. The first-order valence-electron chi connectivity index (χ1n) is 9.64. The molecule has 2 atom stereocenters. The lowest BCUT2D eigenvalue weighted by Crippen LogP contribution is -2.48. The third-order valence-electron chi connectivity index (χ3n) is 4.94. The molecule has 6 nitrogen and oxygen atoms in total. The van der Waals surface area contributed by atoms with E-state index in [0.29, 0.717) is 40.1 Å². The Bertz CT molecular complexity index is 787. The van der Waals surface area contributed by atoms with E-state index in [-0.39, 0.29) is 11.8 Å². The first-order chi connectivity index (χ1) is 13.5. The van der Waals surface area contributed by atoms with Gasteiger partial charge < -0.3 is 10.2 Å². The van der Waals surface area contributed by atoms with Crippen molar-refractivity contribution in [2.24, 2.45) is 0 Å². The summed E-state index contributed by atoms with van der Waals surface area (Å²) in [5, 5.41) is 11.4. The fourth-order valence-corrected chi connectivity index (χ4v) is 5.15. The van der Waals surface area contributed by atoms with E-state index in [1.807, 2.05) is 35.2 Å². The molecule has 8 heteroatoms. The highest BCUT2D eigenvalue weighted by atomic mass is 32.2. The average Bonchev–Trinajstić information content (AvgIpc) is 3.13. The first-order valence-corrected chi connectivity index (χ1v) is 11.4. The average molecular weight is 419 g/mol. The van der Waals surface area contributed by atoms with Gasteiger partial charge in [-0.3, -0.25) is 9.59 Å². The Labute approximate surface area is 174 Å². The van der Waals surface area contributed by atoms with E-state index in [0.717, 1.165) is 18.4 Å². The molecule has 28 heavy (non-hydrogen) atoms. The van der Waals surface area contributed by atoms with E-state index >= 15 is 0 Å². The maximum atomic E-state index is 12.6. The summed E-state index contributed by atoms with van der Waals surface area (Å²) in [5.41, 5.74) is 1.13. The van der Waals surface area contributed by atoms with Crippen LogP contribution in [0.5, 0.6) is 0 Å². The predicted molar refractivity (Wildman–Crippen MR) is 114 cm³/mol. The summed E-state index contributed by atoms with van der Waals surface area (Å²) in [6.45, 7) is 4.23. The van der Waals surface area contributed by atoms with E-state index < -0.39 is 0 Å². The molecular weight excluding hydrogens is 392 g/mol. The Morgan fingerprint density at radius 1 is 1.18 bits per heavy atom. The fourth-order valence-electron chi connectivity index (χ4n) is 3.51. The molecule has 1 aromatic carbocycles. The highest BCUT2D eigenvalue weighted by Gasteiger charge is 2.28. The maximum Gasteiger partial charge on any atom is 0.233 e. The Morgan fingerprint density at radius 2 is 1.89 bits per heavy atom. The molecule has 0 saturated carbocycles.